The molecule has 1 saturated heterocycles. The summed E-state index contributed by atoms with van der Waals surface area (Å²) >= 11 is 0. The van der Waals surface area contributed by atoms with Crippen LogP contribution in [0.4, 0.5) is 0 Å². The number of aliphatic hydroxyl groups is 3. The van der Waals surface area contributed by atoms with Crippen LogP contribution < -0.4 is 0 Å². The lowest BCUT2D eigenvalue weighted by molar-refractivity contribution is -0.278. The highest BCUT2D eigenvalue weighted by Gasteiger charge is 2.38. The number of rotatable bonds is 2. The maximum absolute atomic E-state index is 9.40. The van der Waals surface area contributed by atoms with E-state index in [9.17, 15) is 10.2 Å². The fourth-order valence-electron chi connectivity index (χ4n) is 1.17. The Morgan fingerprint density at radius 3 is 2.38 bits per heavy atom. The molecule has 0 amide bonds. The minimum absolute atomic E-state index is 0.0182. The van der Waals surface area contributed by atoms with Gasteiger partial charge in [-0.25, -0.2) is 0 Å². The molecule has 1 rings (SSSR count). The summed E-state index contributed by atoms with van der Waals surface area (Å²) in [6.07, 6.45) is -4.37. The predicted molar refractivity (Wildman–Crippen MR) is 44.0 cm³/mol. The number of aliphatic hydroxyl groups excluding tert-OH is 3. The summed E-state index contributed by atoms with van der Waals surface area (Å²) in [6, 6.07) is 0. The second-order valence-electron chi connectivity index (χ2n) is 3.44. The lowest BCUT2D eigenvalue weighted by atomic mass is 10.1. The fourth-order valence-corrected chi connectivity index (χ4v) is 1.17. The van der Waals surface area contributed by atoms with E-state index >= 15 is 0 Å². The van der Waals surface area contributed by atoms with E-state index < -0.39 is 24.6 Å². The van der Waals surface area contributed by atoms with Crippen LogP contribution in [-0.2, 0) is 9.47 Å². The standard InChI is InChI=1S/C8H16O5/c1-4(2)13-8-7(11)6(10)5(9)3-12-8/h4-11H,3H2,1-2H3/t5-,6?,7-,8+/m0/s1. The molecule has 13 heavy (non-hydrogen) atoms. The molecule has 1 aliphatic rings. The summed E-state index contributed by atoms with van der Waals surface area (Å²) in [5.74, 6) is 0. The topological polar surface area (TPSA) is 79.2 Å². The molecule has 5 heteroatoms. The van der Waals surface area contributed by atoms with Crippen LogP contribution in [-0.4, -0.2) is 52.6 Å². The maximum atomic E-state index is 9.40. The van der Waals surface area contributed by atoms with Crippen LogP contribution in [0.15, 0.2) is 0 Å². The normalized spacial score (nSPS) is 41.1. The maximum Gasteiger partial charge on any atom is 0.186 e. The van der Waals surface area contributed by atoms with Crippen LogP contribution in [0.5, 0.6) is 0 Å². The number of hydrogen-bond donors (Lipinski definition) is 3. The molecule has 3 N–H and O–H groups in total. The molecule has 1 unspecified atom stereocenters. The number of ether oxygens (including phenoxy) is 2. The van der Waals surface area contributed by atoms with Gasteiger partial charge in [0.2, 0.25) is 0 Å². The molecule has 0 radical (unpaired) electrons. The van der Waals surface area contributed by atoms with Gasteiger partial charge in [-0.15, -0.1) is 0 Å². The summed E-state index contributed by atoms with van der Waals surface area (Å²) in [5, 5.41) is 27.8. The molecule has 1 aliphatic heterocycles. The Morgan fingerprint density at radius 2 is 1.85 bits per heavy atom. The molecule has 4 atom stereocenters. The first kappa shape index (κ1) is 10.9. The zero-order valence-electron chi connectivity index (χ0n) is 7.75. The van der Waals surface area contributed by atoms with Gasteiger partial charge >= 0.3 is 0 Å². The quantitative estimate of drug-likeness (QED) is 0.515. The summed E-state index contributed by atoms with van der Waals surface area (Å²) < 4.78 is 10.2. The molecule has 5 nitrogen and oxygen atoms in total. The average molecular weight is 192 g/mol. The Hall–Kier alpha value is -0.200. The SMILES string of the molecule is CC(C)O[C@H]1OC[C@H](O)C(O)[C@@H]1O. The van der Waals surface area contributed by atoms with Crippen LogP contribution in [0.3, 0.4) is 0 Å². The van der Waals surface area contributed by atoms with E-state index in [2.05, 4.69) is 0 Å². The zero-order chi connectivity index (χ0) is 10.0. The lowest BCUT2D eigenvalue weighted by Crippen LogP contribution is -2.54. The van der Waals surface area contributed by atoms with Gasteiger partial charge in [0.05, 0.1) is 12.7 Å². The molecule has 78 valence electrons. The molecule has 0 aromatic heterocycles. The van der Waals surface area contributed by atoms with E-state index in [1.54, 1.807) is 13.8 Å². The van der Waals surface area contributed by atoms with Crippen molar-refractivity contribution in [3.8, 4) is 0 Å². The molecule has 0 aromatic carbocycles. The van der Waals surface area contributed by atoms with Crippen molar-refractivity contribution in [1.82, 2.24) is 0 Å². The number of hydrogen-bond acceptors (Lipinski definition) is 5. The van der Waals surface area contributed by atoms with E-state index in [4.69, 9.17) is 14.6 Å². The van der Waals surface area contributed by atoms with Crippen molar-refractivity contribution in [3.63, 3.8) is 0 Å². The first-order valence-corrected chi connectivity index (χ1v) is 4.33. The first-order valence-electron chi connectivity index (χ1n) is 4.33. The monoisotopic (exact) mass is 192 g/mol. The van der Waals surface area contributed by atoms with Gasteiger partial charge in [0.25, 0.3) is 0 Å². The van der Waals surface area contributed by atoms with Gasteiger partial charge in [0.15, 0.2) is 6.29 Å². The Balaban J connectivity index is 2.48. The molecule has 1 fully saturated rings. The smallest absolute Gasteiger partial charge is 0.186 e. The minimum Gasteiger partial charge on any atom is -0.388 e. The van der Waals surface area contributed by atoms with Gasteiger partial charge in [-0.3, -0.25) is 0 Å². The second kappa shape index (κ2) is 4.34. The molecular formula is C8H16O5. The van der Waals surface area contributed by atoms with Crippen LogP contribution in [0.25, 0.3) is 0 Å². The van der Waals surface area contributed by atoms with Gasteiger partial charge < -0.3 is 24.8 Å². The Kier molecular flexibility index (Phi) is 3.63. The molecule has 0 aromatic rings. The van der Waals surface area contributed by atoms with Gasteiger partial charge in [0.1, 0.15) is 18.3 Å². The average Bonchev–Trinajstić information content (AvgIpc) is 2.06. The molecular weight excluding hydrogens is 176 g/mol. The summed E-state index contributed by atoms with van der Waals surface area (Å²) in [5.41, 5.74) is 0. The van der Waals surface area contributed by atoms with Gasteiger partial charge in [-0.2, -0.15) is 0 Å². The molecule has 0 spiro atoms. The third-order valence-electron chi connectivity index (χ3n) is 1.86. The highest BCUT2D eigenvalue weighted by atomic mass is 16.7. The van der Waals surface area contributed by atoms with Crippen molar-refractivity contribution in [1.29, 1.82) is 0 Å². The molecule has 0 saturated carbocycles. The van der Waals surface area contributed by atoms with Crippen molar-refractivity contribution in [2.45, 2.75) is 44.6 Å². The van der Waals surface area contributed by atoms with Crippen molar-refractivity contribution in [3.05, 3.63) is 0 Å². The van der Waals surface area contributed by atoms with Gasteiger partial charge in [-0.05, 0) is 13.8 Å². The zero-order valence-corrected chi connectivity index (χ0v) is 7.75. The molecule has 0 aliphatic carbocycles. The van der Waals surface area contributed by atoms with Crippen LogP contribution in [0, 0.1) is 0 Å². The van der Waals surface area contributed by atoms with Crippen LogP contribution in [0.2, 0.25) is 0 Å². The summed E-state index contributed by atoms with van der Waals surface area (Å²) in [7, 11) is 0. The Labute approximate surface area is 76.9 Å². The third kappa shape index (κ3) is 2.62. The van der Waals surface area contributed by atoms with Crippen molar-refractivity contribution in [2.24, 2.45) is 0 Å². The van der Waals surface area contributed by atoms with Gasteiger partial charge in [0, 0.05) is 0 Å². The Morgan fingerprint density at radius 1 is 1.23 bits per heavy atom. The van der Waals surface area contributed by atoms with Crippen molar-refractivity contribution in [2.75, 3.05) is 6.61 Å². The fraction of sp³-hybridized carbons (Fsp3) is 1.00. The van der Waals surface area contributed by atoms with Crippen molar-refractivity contribution >= 4 is 0 Å². The highest BCUT2D eigenvalue weighted by Crippen LogP contribution is 2.17. The van der Waals surface area contributed by atoms with Gasteiger partial charge in [-0.1, -0.05) is 0 Å². The van der Waals surface area contributed by atoms with E-state index in [0.717, 1.165) is 0 Å². The summed E-state index contributed by atoms with van der Waals surface area (Å²) in [6.45, 7) is 3.58. The van der Waals surface area contributed by atoms with Crippen LogP contribution in [0.1, 0.15) is 13.8 Å². The second-order valence-corrected chi connectivity index (χ2v) is 3.44. The van der Waals surface area contributed by atoms with E-state index in [0.29, 0.717) is 0 Å². The van der Waals surface area contributed by atoms with E-state index in [1.807, 2.05) is 0 Å². The minimum atomic E-state index is -1.20. The predicted octanol–water partition coefficient (Wildman–Crippen LogP) is -1.15. The van der Waals surface area contributed by atoms with E-state index in [1.165, 1.54) is 0 Å². The van der Waals surface area contributed by atoms with Crippen molar-refractivity contribution < 1.29 is 24.8 Å². The molecule has 0 bridgehead atoms. The largest absolute Gasteiger partial charge is 0.388 e. The highest BCUT2D eigenvalue weighted by molar-refractivity contribution is 4.82. The van der Waals surface area contributed by atoms with Crippen LogP contribution >= 0.6 is 0 Å². The first-order chi connectivity index (χ1) is 6.02. The molecule has 1 heterocycles. The lowest BCUT2D eigenvalue weighted by Gasteiger charge is -2.35. The van der Waals surface area contributed by atoms with E-state index in [-0.39, 0.29) is 12.7 Å². The summed E-state index contributed by atoms with van der Waals surface area (Å²) in [4.78, 5) is 0. The third-order valence-corrected chi connectivity index (χ3v) is 1.86. The Bertz CT molecular complexity index is 161.